The molecule has 1 aliphatic rings. The smallest absolute Gasteiger partial charge is 0.0530 e. The Morgan fingerprint density at radius 1 is 1.38 bits per heavy atom. The van der Waals surface area contributed by atoms with Crippen molar-refractivity contribution in [2.45, 2.75) is 37.9 Å². The second kappa shape index (κ2) is 5.37. The van der Waals surface area contributed by atoms with Crippen molar-refractivity contribution in [3.05, 3.63) is 28.2 Å². The molecule has 0 spiro atoms. The van der Waals surface area contributed by atoms with Gasteiger partial charge in [-0.2, -0.15) is 0 Å². The highest BCUT2D eigenvalue weighted by atomic mass is 79.9. The maximum atomic E-state index is 3.59. The molecule has 1 N–H and O–H groups in total. The van der Waals surface area contributed by atoms with Gasteiger partial charge in [0.15, 0.2) is 0 Å². The number of rotatable bonds is 3. The minimum absolute atomic E-state index is 0.156. The summed E-state index contributed by atoms with van der Waals surface area (Å²) in [5.41, 5.74) is 3.74. The Morgan fingerprint density at radius 3 is 2.81 bits per heavy atom. The third-order valence-electron chi connectivity index (χ3n) is 3.56. The van der Waals surface area contributed by atoms with Gasteiger partial charge in [-0.1, -0.05) is 41.9 Å². The predicted octanol–water partition coefficient (Wildman–Crippen LogP) is 4.32. The zero-order valence-electron chi connectivity index (χ0n) is 10.0. The van der Waals surface area contributed by atoms with Crippen molar-refractivity contribution in [1.82, 2.24) is 0 Å². The van der Waals surface area contributed by atoms with E-state index in [1.165, 1.54) is 40.8 Å². The predicted molar refractivity (Wildman–Crippen MR) is 76.8 cm³/mol. The number of hydrogen-bond acceptors (Lipinski definition) is 1. The monoisotopic (exact) mass is 296 g/mol. The molecule has 0 fully saturated rings. The van der Waals surface area contributed by atoms with E-state index in [0.717, 1.165) is 5.54 Å². The molecular weight excluding hydrogens is 278 g/mol. The highest BCUT2D eigenvalue weighted by Gasteiger charge is 2.25. The third-order valence-corrected chi connectivity index (χ3v) is 7.43. The van der Waals surface area contributed by atoms with Crippen molar-refractivity contribution in [3.63, 3.8) is 0 Å². The van der Waals surface area contributed by atoms with Crippen LogP contribution in [0.25, 0.3) is 0 Å². The van der Waals surface area contributed by atoms with Gasteiger partial charge in [0.1, 0.15) is 0 Å². The fraction of sp³-hybridized carbons (Fsp3) is 0.538. The fourth-order valence-electron chi connectivity index (χ4n) is 2.59. The van der Waals surface area contributed by atoms with E-state index in [2.05, 4.69) is 53.3 Å². The molecule has 1 aliphatic heterocycles. The van der Waals surface area contributed by atoms with E-state index < -0.39 is 0 Å². The highest BCUT2D eigenvalue weighted by Crippen LogP contribution is 2.33. The topological polar surface area (TPSA) is 12.0 Å². The van der Waals surface area contributed by atoms with Crippen LogP contribution >= 0.6 is 15.9 Å². The molecule has 0 aliphatic carbocycles. The zero-order valence-corrected chi connectivity index (χ0v) is 12.6. The fourth-order valence-corrected chi connectivity index (χ4v) is 5.55. The molecule has 1 aromatic rings. The van der Waals surface area contributed by atoms with Crippen LogP contribution < -0.4 is 5.32 Å². The largest absolute Gasteiger partial charge is 0.385 e. The number of nitrogens with one attached hydrogen (secondary N) is 1. The van der Waals surface area contributed by atoms with Crippen LogP contribution in [0.15, 0.2) is 22.7 Å². The normalized spacial score (nSPS) is 19.4. The van der Waals surface area contributed by atoms with Gasteiger partial charge in [-0.05, 0) is 35.7 Å². The molecule has 1 atom stereocenters. The molecule has 0 amide bonds. The Hall–Kier alpha value is -0.283. The summed E-state index contributed by atoms with van der Waals surface area (Å²) in [5.74, 6) is 0. The zero-order chi connectivity index (χ0) is 11.5. The van der Waals surface area contributed by atoms with Crippen LogP contribution in [0.5, 0.6) is 0 Å². The molecule has 1 heterocycles. The van der Waals surface area contributed by atoms with Crippen LogP contribution in [0.2, 0.25) is 17.6 Å². The minimum Gasteiger partial charge on any atom is -0.385 e. The van der Waals surface area contributed by atoms with Crippen LogP contribution in [0, 0.1) is 0 Å². The first-order valence-electron chi connectivity index (χ1n) is 6.11. The maximum Gasteiger partial charge on any atom is 0.0530 e. The van der Waals surface area contributed by atoms with Crippen LogP contribution in [-0.2, 0) is 6.42 Å². The summed E-state index contributed by atoms with van der Waals surface area (Å²) in [6.45, 7) is 5.90. The molecule has 1 nitrogen and oxygen atoms in total. The molecule has 0 saturated carbocycles. The second-order valence-electron chi connectivity index (χ2n) is 4.45. The van der Waals surface area contributed by atoms with Gasteiger partial charge in [0.25, 0.3) is 0 Å². The van der Waals surface area contributed by atoms with E-state index >= 15 is 0 Å². The van der Waals surface area contributed by atoms with Gasteiger partial charge in [0, 0.05) is 16.7 Å². The maximum absolute atomic E-state index is 3.59. The van der Waals surface area contributed by atoms with Crippen LogP contribution in [0.4, 0.5) is 5.69 Å². The second-order valence-corrected chi connectivity index (χ2v) is 8.91. The lowest BCUT2D eigenvalue weighted by Crippen LogP contribution is -2.30. The average Bonchev–Trinajstić information content (AvgIpc) is 2.30. The summed E-state index contributed by atoms with van der Waals surface area (Å²) in [6, 6.07) is 9.39. The lowest BCUT2D eigenvalue weighted by atomic mass is 10.0. The first kappa shape index (κ1) is 12.2. The third kappa shape index (κ3) is 2.51. The van der Waals surface area contributed by atoms with Gasteiger partial charge in [-0.3, -0.25) is 0 Å². The Labute approximate surface area is 108 Å². The Morgan fingerprint density at radius 2 is 2.12 bits per heavy atom. The molecule has 16 heavy (non-hydrogen) atoms. The van der Waals surface area contributed by atoms with Crippen LogP contribution in [0.1, 0.15) is 19.4 Å². The number of benzene rings is 1. The molecule has 1 radical (unpaired) electrons. The summed E-state index contributed by atoms with van der Waals surface area (Å²) in [7, 11) is -0.156. The lowest BCUT2D eigenvalue weighted by molar-refractivity contribution is 0.795. The number of fused-ring (bicyclic) bond motifs is 1. The Balaban J connectivity index is 2.16. The molecule has 0 bridgehead atoms. The van der Waals surface area contributed by atoms with Crippen molar-refractivity contribution >= 4 is 30.4 Å². The van der Waals surface area contributed by atoms with Gasteiger partial charge in [0.2, 0.25) is 0 Å². The Kier molecular flexibility index (Phi) is 4.09. The quantitative estimate of drug-likeness (QED) is 0.819. The molecule has 0 saturated heterocycles. The van der Waals surface area contributed by atoms with Gasteiger partial charge in [-0.25, -0.2) is 0 Å². The summed E-state index contributed by atoms with van der Waals surface area (Å²) in [4.78, 5) is 0. The average molecular weight is 297 g/mol. The number of anilines is 1. The van der Waals surface area contributed by atoms with E-state index in [-0.39, 0.29) is 8.80 Å². The van der Waals surface area contributed by atoms with E-state index in [1.807, 2.05) is 0 Å². The van der Waals surface area contributed by atoms with Crippen molar-refractivity contribution in [2.75, 3.05) is 11.9 Å². The van der Waals surface area contributed by atoms with E-state index in [4.69, 9.17) is 0 Å². The van der Waals surface area contributed by atoms with Crippen molar-refractivity contribution in [2.24, 2.45) is 0 Å². The molecule has 0 unspecified atom stereocenters. The van der Waals surface area contributed by atoms with E-state index in [0.29, 0.717) is 0 Å². The minimum atomic E-state index is -0.156. The SMILES string of the molecule is CC[Si](CC)[C@H]1CNc2ccc(Br)cc2C1. The first-order valence-corrected chi connectivity index (χ1v) is 8.90. The van der Waals surface area contributed by atoms with Gasteiger partial charge < -0.3 is 5.32 Å². The van der Waals surface area contributed by atoms with Crippen LogP contribution in [0.3, 0.4) is 0 Å². The lowest BCUT2D eigenvalue weighted by Gasteiger charge is -2.30. The van der Waals surface area contributed by atoms with E-state index in [9.17, 15) is 0 Å². The van der Waals surface area contributed by atoms with Gasteiger partial charge >= 0.3 is 0 Å². The first-order chi connectivity index (χ1) is 7.74. The molecular formula is C13H19BrNSi. The summed E-state index contributed by atoms with van der Waals surface area (Å²) in [6.07, 6.45) is 1.28. The highest BCUT2D eigenvalue weighted by molar-refractivity contribution is 9.10. The van der Waals surface area contributed by atoms with Crippen molar-refractivity contribution in [3.8, 4) is 0 Å². The number of halogens is 1. The van der Waals surface area contributed by atoms with Gasteiger partial charge in [-0.15, -0.1) is 0 Å². The molecule has 1 aromatic carbocycles. The molecule has 0 aromatic heterocycles. The van der Waals surface area contributed by atoms with Gasteiger partial charge in [0.05, 0.1) is 8.80 Å². The van der Waals surface area contributed by atoms with Crippen molar-refractivity contribution in [1.29, 1.82) is 0 Å². The standard InChI is InChI=1S/C13H19BrNSi/c1-3-16(4-2)12-8-10-7-11(14)5-6-13(10)15-9-12/h5-7,12,15H,3-4,8-9H2,1-2H3/t12-/m1/s1. The Bertz CT molecular complexity index is 363. The molecule has 3 heteroatoms. The van der Waals surface area contributed by atoms with E-state index in [1.54, 1.807) is 0 Å². The summed E-state index contributed by atoms with van der Waals surface area (Å²) in [5, 5.41) is 3.59. The summed E-state index contributed by atoms with van der Waals surface area (Å²) >= 11 is 3.56. The molecule has 2 rings (SSSR count). The summed E-state index contributed by atoms with van der Waals surface area (Å²) < 4.78 is 1.20. The van der Waals surface area contributed by atoms with Crippen molar-refractivity contribution < 1.29 is 0 Å². The molecule has 87 valence electrons. The number of hydrogen-bond donors (Lipinski definition) is 1. The van der Waals surface area contributed by atoms with Crippen LogP contribution in [-0.4, -0.2) is 15.3 Å².